The number of rotatable bonds is 3. The van der Waals surface area contributed by atoms with Crippen LogP contribution in [0.5, 0.6) is 0 Å². The van der Waals surface area contributed by atoms with Crippen molar-refractivity contribution in [2.75, 3.05) is 0 Å². The van der Waals surface area contributed by atoms with Crippen molar-refractivity contribution in [3.05, 3.63) is 26.1 Å². The summed E-state index contributed by atoms with van der Waals surface area (Å²) in [6.45, 7) is 7.90. The van der Waals surface area contributed by atoms with Crippen LogP contribution in [-0.2, 0) is 10.0 Å². The standard InChI is InChI=1S/C12H17Br2NO2S/c1-6(2)8-5-9(18(15,16)17)10(7(3)4)12(14)11(8)13/h5-7H,1-4H3,(H2,15,16,17). The van der Waals surface area contributed by atoms with E-state index in [0.717, 1.165) is 14.5 Å². The fraction of sp³-hybridized carbons (Fsp3) is 0.500. The molecule has 102 valence electrons. The molecule has 0 saturated carbocycles. The molecule has 0 aliphatic carbocycles. The third-order valence-electron chi connectivity index (χ3n) is 2.74. The first-order valence-corrected chi connectivity index (χ1v) is 8.75. The molecule has 3 nitrogen and oxygen atoms in total. The molecule has 0 aromatic heterocycles. The van der Waals surface area contributed by atoms with Gasteiger partial charge in [0.05, 0.1) is 4.90 Å². The molecule has 0 aliphatic rings. The van der Waals surface area contributed by atoms with Crippen molar-refractivity contribution in [2.45, 2.75) is 44.4 Å². The molecule has 1 aromatic carbocycles. The van der Waals surface area contributed by atoms with E-state index in [2.05, 4.69) is 31.9 Å². The van der Waals surface area contributed by atoms with Crippen LogP contribution in [0.1, 0.15) is 50.7 Å². The quantitative estimate of drug-likeness (QED) is 0.832. The van der Waals surface area contributed by atoms with E-state index in [-0.39, 0.29) is 16.7 Å². The van der Waals surface area contributed by atoms with Crippen molar-refractivity contribution in [3.8, 4) is 0 Å². The van der Waals surface area contributed by atoms with Gasteiger partial charge in [0, 0.05) is 8.95 Å². The number of primary sulfonamides is 1. The van der Waals surface area contributed by atoms with Crippen LogP contribution in [0.15, 0.2) is 19.9 Å². The summed E-state index contributed by atoms with van der Waals surface area (Å²) >= 11 is 6.99. The first-order valence-electron chi connectivity index (χ1n) is 5.62. The van der Waals surface area contributed by atoms with Gasteiger partial charge < -0.3 is 0 Å². The van der Waals surface area contributed by atoms with Gasteiger partial charge in [0.2, 0.25) is 10.0 Å². The molecule has 6 heteroatoms. The minimum Gasteiger partial charge on any atom is -0.225 e. The molecular formula is C12H17Br2NO2S. The minimum absolute atomic E-state index is 0.0604. The Kier molecular flexibility index (Phi) is 5.03. The van der Waals surface area contributed by atoms with Gasteiger partial charge in [-0.15, -0.1) is 0 Å². The molecule has 0 heterocycles. The van der Waals surface area contributed by atoms with Gasteiger partial charge in [-0.05, 0) is 60.9 Å². The smallest absolute Gasteiger partial charge is 0.225 e. The highest BCUT2D eigenvalue weighted by atomic mass is 79.9. The van der Waals surface area contributed by atoms with E-state index in [1.54, 1.807) is 6.07 Å². The van der Waals surface area contributed by atoms with Gasteiger partial charge in [-0.1, -0.05) is 27.7 Å². The zero-order valence-electron chi connectivity index (χ0n) is 10.8. The summed E-state index contributed by atoms with van der Waals surface area (Å²) in [5, 5.41) is 5.32. The maximum absolute atomic E-state index is 11.7. The second-order valence-electron chi connectivity index (χ2n) is 4.86. The fourth-order valence-corrected chi connectivity index (χ4v) is 4.58. The van der Waals surface area contributed by atoms with Gasteiger partial charge in [-0.2, -0.15) is 0 Å². The van der Waals surface area contributed by atoms with E-state index in [1.165, 1.54) is 0 Å². The van der Waals surface area contributed by atoms with Gasteiger partial charge in [-0.25, -0.2) is 13.6 Å². The molecule has 0 aliphatic heterocycles. The SMILES string of the molecule is CC(C)c1cc(S(N)(=O)=O)c(C(C)C)c(Br)c1Br. The van der Waals surface area contributed by atoms with Crippen molar-refractivity contribution >= 4 is 41.9 Å². The van der Waals surface area contributed by atoms with E-state index in [0.29, 0.717) is 5.56 Å². The van der Waals surface area contributed by atoms with Crippen LogP contribution in [0.4, 0.5) is 0 Å². The molecule has 1 rings (SSSR count). The molecule has 0 amide bonds. The number of benzene rings is 1. The van der Waals surface area contributed by atoms with Crippen LogP contribution < -0.4 is 5.14 Å². The Morgan fingerprint density at radius 2 is 1.56 bits per heavy atom. The monoisotopic (exact) mass is 397 g/mol. The van der Waals surface area contributed by atoms with Gasteiger partial charge in [0.25, 0.3) is 0 Å². The Morgan fingerprint density at radius 3 is 1.89 bits per heavy atom. The van der Waals surface area contributed by atoms with E-state index in [9.17, 15) is 8.42 Å². The topological polar surface area (TPSA) is 60.2 Å². The highest BCUT2D eigenvalue weighted by molar-refractivity contribution is 9.13. The zero-order valence-corrected chi connectivity index (χ0v) is 14.8. The molecule has 18 heavy (non-hydrogen) atoms. The van der Waals surface area contributed by atoms with Gasteiger partial charge in [0.15, 0.2) is 0 Å². The van der Waals surface area contributed by atoms with Crippen molar-refractivity contribution in [2.24, 2.45) is 5.14 Å². The van der Waals surface area contributed by atoms with Crippen molar-refractivity contribution < 1.29 is 8.42 Å². The fourth-order valence-electron chi connectivity index (χ4n) is 1.83. The molecule has 2 N–H and O–H groups in total. The average molecular weight is 399 g/mol. The lowest BCUT2D eigenvalue weighted by atomic mass is 9.97. The van der Waals surface area contributed by atoms with Gasteiger partial charge >= 0.3 is 0 Å². The maximum atomic E-state index is 11.7. The predicted octanol–water partition coefficient (Wildman–Crippen LogP) is 4.11. The van der Waals surface area contributed by atoms with E-state index < -0.39 is 10.0 Å². The lowest BCUT2D eigenvalue weighted by molar-refractivity contribution is 0.595. The van der Waals surface area contributed by atoms with Gasteiger partial charge in [-0.3, -0.25) is 0 Å². The Hall–Kier alpha value is 0.0900. The lowest BCUT2D eigenvalue weighted by Gasteiger charge is -2.19. The molecule has 1 aromatic rings. The highest BCUT2D eigenvalue weighted by Gasteiger charge is 2.24. The van der Waals surface area contributed by atoms with Gasteiger partial charge in [0.1, 0.15) is 0 Å². The third kappa shape index (κ3) is 3.15. The number of nitrogens with two attached hydrogens (primary N) is 1. The summed E-state index contributed by atoms with van der Waals surface area (Å²) in [4.78, 5) is 0.205. The molecular weight excluding hydrogens is 382 g/mol. The minimum atomic E-state index is -3.72. The summed E-state index contributed by atoms with van der Waals surface area (Å²) in [6, 6.07) is 1.67. The maximum Gasteiger partial charge on any atom is 0.238 e. The Morgan fingerprint density at radius 1 is 1.06 bits per heavy atom. The second kappa shape index (κ2) is 5.61. The first-order chi connectivity index (χ1) is 8.07. The normalized spacial score (nSPS) is 12.5. The largest absolute Gasteiger partial charge is 0.238 e. The predicted molar refractivity (Wildman–Crippen MR) is 81.4 cm³/mol. The number of hydrogen-bond donors (Lipinski definition) is 1. The Balaban J connectivity index is 3.79. The molecule has 0 radical (unpaired) electrons. The summed E-state index contributed by atoms with van der Waals surface area (Å²) in [5.74, 6) is 0.266. The summed E-state index contributed by atoms with van der Waals surface area (Å²) in [6.07, 6.45) is 0. The molecule has 0 saturated heterocycles. The second-order valence-corrected chi connectivity index (χ2v) is 7.98. The number of halogens is 2. The Bertz CT molecular complexity index is 566. The third-order valence-corrected chi connectivity index (χ3v) is 5.90. The van der Waals surface area contributed by atoms with Crippen LogP contribution >= 0.6 is 31.9 Å². The van der Waals surface area contributed by atoms with E-state index in [1.807, 2.05) is 27.7 Å². The van der Waals surface area contributed by atoms with Crippen LogP contribution in [0.2, 0.25) is 0 Å². The van der Waals surface area contributed by atoms with E-state index >= 15 is 0 Å². The van der Waals surface area contributed by atoms with Crippen molar-refractivity contribution in [3.63, 3.8) is 0 Å². The van der Waals surface area contributed by atoms with Crippen LogP contribution in [0.25, 0.3) is 0 Å². The zero-order chi connectivity index (χ0) is 14.2. The van der Waals surface area contributed by atoms with Crippen LogP contribution in [0, 0.1) is 0 Å². The van der Waals surface area contributed by atoms with Crippen molar-refractivity contribution in [1.82, 2.24) is 0 Å². The number of sulfonamides is 1. The highest BCUT2D eigenvalue weighted by Crippen LogP contribution is 2.40. The summed E-state index contributed by atoms with van der Waals surface area (Å²) in [5.41, 5.74) is 1.64. The van der Waals surface area contributed by atoms with Crippen LogP contribution in [-0.4, -0.2) is 8.42 Å². The molecule has 0 bridgehead atoms. The van der Waals surface area contributed by atoms with Crippen molar-refractivity contribution in [1.29, 1.82) is 0 Å². The molecule has 0 spiro atoms. The lowest BCUT2D eigenvalue weighted by Crippen LogP contribution is -2.16. The summed E-state index contributed by atoms with van der Waals surface area (Å²) in [7, 11) is -3.72. The molecule has 0 unspecified atom stereocenters. The molecule has 0 atom stereocenters. The first kappa shape index (κ1) is 16.1. The molecule has 0 fully saturated rings. The number of hydrogen-bond acceptors (Lipinski definition) is 2. The van der Waals surface area contributed by atoms with Crippen LogP contribution in [0.3, 0.4) is 0 Å². The Labute approximate surface area is 125 Å². The average Bonchev–Trinajstić information content (AvgIpc) is 2.18. The summed E-state index contributed by atoms with van der Waals surface area (Å²) < 4.78 is 25.1. The van der Waals surface area contributed by atoms with E-state index in [4.69, 9.17) is 5.14 Å².